The van der Waals surface area contributed by atoms with Crippen LogP contribution in [-0.2, 0) is 4.79 Å². The maximum absolute atomic E-state index is 12.4. The lowest BCUT2D eigenvalue weighted by molar-refractivity contribution is -0.113. The summed E-state index contributed by atoms with van der Waals surface area (Å²) in [6.45, 7) is 1.96. The zero-order chi connectivity index (χ0) is 24.8. The summed E-state index contributed by atoms with van der Waals surface area (Å²) in [5.74, 6) is 1.99. The van der Waals surface area contributed by atoms with Crippen molar-refractivity contribution in [1.82, 2.24) is 15.2 Å². The van der Waals surface area contributed by atoms with Crippen molar-refractivity contribution in [3.8, 4) is 38.4 Å². The molecule has 1 amide bonds. The number of rotatable bonds is 9. The smallest absolute Gasteiger partial charge is 0.234 e. The Labute approximate surface area is 211 Å². The number of benzene rings is 2. The summed E-state index contributed by atoms with van der Waals surface area (Å²) >= 11 is 2.88. The second kappa shape index (κ2) is 11.2. The second-order valence-corrected chi connectivity index (χ2v) is 9.32. The first kappa shape index (κ1) is 24.5. The standard InChI is InChI=1S/C25H24N4O4S2/c1-15-24(35-25(26-15)16-5-8-18(31-2)9-6-16)19-10-12-23(29-28-19)34-14-22(30)27-17-7-11-20(32-3)21(13-17)33-4/h5-13H,14H2,1-4H3,(H,27,30). The molecule has 0 saturated heterocycles. The number of carbonyl (C=O) groups is 1. The maximum atomic E-state index is 12.4. The van der Waals surface area contributed by atoms with Crippen molar-refractivity contribution in [2.24, 2.45) is 0 Å². The Balaban J connectivity index is 1.38. The zero-order valence-electron chi connectivity index (χ0n) is 19.7. The quantitative estimate of drug-likeness (QED) is 0.303. The van der Waals surface area contributed by atoms with E-state index >= 15 is 0 Å². The second-order valence-electron chi connectivity index (χ2n) is 7.33. The van der Waals surface area contributed by atoms with Crippen LogP contribution in [0.3, 0.4) is 0 Å². The molecule has 0 aliphatic heterocycles. The van der Waals surface area contributed by atoms with Crippen LogP contribution in [0, 0.1) is 6.92 Å². The summed E-state index contributed by atoms with van der Waals surface area (Å²) in [4.78, 5) is 18.0. The van der Waals surface area contributed by atoms with E-state index in [2.05, 4.69) is 15.5 Å². The van der Waals surface area contributed by atoms with Crippen LogP contribution < -0.4 is 19.5 Å². The van der Waals surface area contributed by atoms with Crippen molar-refractivity contribution in [3.05, 3.63) is 60.3 Å². The Morgan fingerprint density at radius 2 is 1.71 bits per heavy atom. The number of hydrogen-bond acceptors (Lipinski definition) is 9. The highest BCUT2D eigenvalue weighted by Gasteiger charge is 2.14. The van der Waals surface area contributed by atoms with E-state index in [9.17, 15) is 4.79 Å². The molecule has 1 N–H and O–H groups in total. The lowest BCUT2D eigenvalue weighted by atomic mass is 10.2. The average molecular weight is 509 g/mol. The average Bonchev–Trinajstić information content (AvgIpc) is 3.29. The molecule has 0 unspecified atom stereocenters. The number of thiazole rings is 1. The molecule has 2 aromatic heterocycles. The Bertz CT molecular complexity index is 1310. The minimum atomic E-state index is -0.157. The van der Waals surface area contributed by atoms with Gasteiger partial charge in [0.2, 0.25) is 5.91 Å². The van der Waals surface area contributed by atoms with Gasteiger partial charge in [-0.2, -0.15) is 0 Å². The monoisotopic (exact) mass is 508 g/mol. The van der Waals surface area contributed by atoms with Crippen molar-refractivity contribution in [1.29, 1.82) is 0 Å². The van der Waals surface area contributed by atoms with E-state index in [1.165, 1.54) is 11.8 Å². The van der Waals surface area contributed by atoms with Gasteiger partial charge < -0.3 is 19.5 Å². The van der Waals surface area contributed by atoms with Crippen LogP contribution in [0.4, 0.5) is 5.69 Å². The summed E-state index contributed by atoms with van der Waals surface area (Å²) in [7, 11) is 4.76. The molecule has 0 radical (unpaired) electrons. The van der Waals surface area contributed by atoms with Crippen LogP contribution in [0.5, 0.6) is 17.2 Å². The summed E-state index contributed by atoms with van der Waals surface area (Å²) in [5, 5.41) is 13.1. The molecule has 0 saturated carbocycles. The highest BCUT2D eigenvalue weighted by molar-refractivity contribution is 7.99. The van der Waals surface area contributed by atoms with Crippen molar-refractivity contribution in [2.45, 2.75) is 11.9 Å². The molecule has 2 heterocycles. The Hall–Kier alpha value is -3.63. The minimum Gasteiger partial charge on any atom is -0.497 e. The van der Waals surface area contributed by atoms with Gasteiger partial charge in [0.1, 0.15) is 21.5 Å². The predicted octanol–water partition coefficient (Wildman–Crippen LogP) is 5.33. The summed E-state index contributed by atoms with van der Waals surface area (Å²) < 4.78 is 15.7. The van der Waals surface area contributed by atoms with Crippen LogP contribution in [-0.4, -0.2) is 48.2 Å². The van der Waals surface area contributed by atoms with Crippen molar-refractivity contribution in [2.75, 3.05) is 32.4 Å². The molecule has 0 aliphatic carbocycles. The van der Waals surface area contributed by atoms with Gasteiger partial charge in [-0.1, -0.05) is 11.8 Å². The van der Waals surface area contributed by atoms with Crippen molar-refractivity contribution >= 4 is 34.7 Å². The van der Waals surface area contributed by atoms with Crippen LogP contribution in [0.15, 0.2) is 59.6 Å². The number of carbonyl (C=O) groups excluding carboxylic acids is 1. The first-order valence-electron chi connectivity index (χ1n) is 10.6. The third-order valence-electron chi connectivity index (χ3n) is 5.02. The van der Waals surface area contributed by atoms with Gasteiger partial charge in [0.15, 0.2) is 11.5 Å². The number of amides is 1. The predicted molar refractivity (Wildman–Crippen MR) is 139 cm³/mol. The molecule has 10 heteroatoms. The molecule has 0 fully saturated rings. The molecule has 0 spiro atoms. The summed E-state index contributed by atoms with van der Waals surface area (Å²) in [5.41, 5.74) is 3.29. The fraction of sp³-hybridized carbons (Fsp3) is 0.200. The van der Waals surface area contributed by atoms with E-state index in [0.29, 0.717) is 22.2 Å². The highest BCUT2D eigenvalue weighted by Crippen LogP contribution is 2.35. The Morgan fingerprint density at radius 3 is 2.37 bits per heavy atom. The summed E-state index contributed by atoms with van der Waals surface area (Å²) in [6, 6.07) is 16.8. The molecular formula is C25H24N4O4S2. The zero-order valence-corrected chi connectivity index (χ0v) is 21.3. The molecule has 0 bridgehead atoms. The van der Waals surface area contributed by atoms with Crippen molar-refractivity contribution < 1.29 is 19.0 Å². The SMILES string of the molecule is COc1ccc(-c2nc(C)c(-c3ccc(SCC(=O)Nc4ccc(OC)c(OC)c4)nn3)s2)cc1. The first-order valence-corrected chi connectivity index (χ1v) is 12.4. The van der Waals surface area contributed by atoms with Gasteiger partial charge >= 0.3 is 0 Å². The van der Waals surface area contributed by atoms with Gasteiger partial charge in [-0.3, -0.25) is 4.79 Å². The molecule has 35 heavy (non-hydrogen) atoms. The van der Waals surface area contributed by atoms with E-state index in [1.807, 2.05) is 43.3 Å². The number of nitrogens with one attached hydrogen (secondary N) is 1. The molecule has 180 valence electrons. The fourth-order valence-corrected chi connectivity index (χ4v) is 4.91. The normalized spacial score (nSPS) is 10.6. The van der Waals surface area contributed by atoms with E-state index in [0.717, 1.165) is 32.6 Å². The van der Waals surface area contributed by atoms with Gasteiger partial charge in [-0.05, 0) is 55.5 Å². The number of ether oxygens (including phenoxy) is 3. The Morgan fingerprint density at radius 1 is 0.943 bits per heavy atom. The number of aryl methyl sites for hydroxylation is 1. The Kier molecular flexibility index (Phi) is 7.84. The molecular weight excluding hydrogens is 484 g/mol. The fourth-order valence-electron chi connectivity index (χ4n) is 3.26. The van der Waals surface area contributed by atoms with E-state index < -0.39 is 0 Å². The van der Waals surface area contributed by atoms with Crippen LogP contribution in [0.25, 0.3) is 21.1 Å². The van der Waals surface area contributed by atoms with Crippen LogP contribution in [0.1, 0.15) is 5.69 Å². The molecule has 8 nitrogen and oxygen atoms in total. The number of hydrogen-bond donors (Lipinski definition) is 1. The van der Waals surface area contributed by atoms with Gasteiger partial charge in [0.05, 0.1) is 37.7 Å². The van der Waals surface area contributed by atoms with Crippen LogP contribution in [0.2, 0.25) is 0 Å². The largest absolute Gasteiger partial charge is 0.497 e. The number of thioether (sulfide) groups is 1. The van der Waals surface area contributed by atoms with E-state index in [4.69, 9.17) is 19.2 Å². The highest BCUT2D eigenvalue weighted by atomic mass is 32.2. The molecule has 0 atom stereocenters. The lowest BCUT2D eigenvalue weighted by Gasteiger charge is -2.10. The molecule has 0 aliphatic rings. The topological polar surface area (TPSA) is 95.5 Å². The van der Waals surface area contributed by atoms with Gasteiger partial charge in [-0.25, -0.2) is 4.98 Å². The van der Waals surface area contributed by atoms with Gasteiger partial charge in [0.25, 0.3) is 0 Å². The number of anilines is 1. The van der Waals surface area contributed by atoms with Gasteiger partial charge in [0, 0.05) is 17.3 Å². The first-order chi connectivity index (χ1) is 17.0. The minimum absolute atomic E-state index is 0.157. The third-order valence-corrected chi connectivity index (χ3v) is 7.17. The molecule has 2 aromatic carbocycles. The lowest BCUT2D eigenvalue weighted by Crippen LogP contribution is -2.14. The maximum Gasteiger partial charge on any atom is 0.234 e. The number of nitrogens with zero attached hydrogens (tertiary/aromatic N) is 3. The summed E-state index contributed by atoms with van der Waals surface area (Å²) in [6.07, 6.45) is 0. The van der Waals surface area contributed by atoms with E-state index in [-0.39, 0.29) is 11.7 Å². The molecule has 4 aromatic rings. The van der Waals surface area contributed by atoms with Crippen LogP contribution >= 0.6 is 23.1 Å². The van der Waals surface area contributed by atoms with Crippen molar-refractivity contribution in [3.63, 3.8) is 0 Å². The van der Waals surface area contributed by atoms with E-state index in [1.54, 1.807) is 50.9 Å². The molecule has 4 rings (SSSR count). The third kappa shape index (κ3) is 5.90. The number of methoxy groups -OCH3 is 3. The van der Waals surface area contributed by atoms with Gasteiger partial charge in [-0.15, -0.1) is 21.5 Å². The number of aromatic nitrogens is 3.